The quantitative estimate of drug-likeness (QED) is 0.546. The number of nitrogens with one attached hydrogen (secondary N) is 1. The molecule has 5 nitrogen and oxygen atoms in total. The van der Waals surface area contributed by atoms with E-state index >= 15 is 0 Å². The van der Waals surface area contributed by atoms with Crippen LogP contribution in [0.3, 0.4) is 0 Å². The smallest absolute Gasteiger partial charge is 0.376 e. The molecule has 5 heteroatoms. The van der Waals surface area contributed by atoms with Crippen LogP contribution in [-0.2, 0) is 9.93 Å². The van der Waals surface area contributed by atoms with E-state index in [0.29, 0.717) is 5.56 Å². The van der Waals surface area contributed by atoms with Crippen LogP contribution < -0.4 is 5.32 Å². The van der Waals surface area contributed by atoms with Gasteiger partial charge in [-0.2, -0.15) is 0 Å². The van der Waals surface area contributed by atoms with Crippen LogP contribution in [0.4, 0.5) is 5.69 Å². The van der Waals surface area contributed by atoms with Crippen LogP contribution in [0, 0.1) is 0 Å². The second kappa shape index (κ2) is 4.44. The molecule has 0 aliphatic heterocycles. The molecule has 1 aromatic carbocycles. The Morgan fingerprint density at radius 3 is 2.46 bits per heavy atom. The van der Waals surface area contributed by atoms with E-state index in [1.807, 2.05) is 0 Å². The Bertz CT molecular complexity index is 283. The SMILES string of the molecule is CNc1ccc(C(=O)OOO)cc1. The molecule has 0 saturated heterocycles. The molecule has 0 spiro atoms. The van der Waals surface area contributed by atoms with Gasteiger partial charge in [0.1, 0.15) is 0 Å². The average Bonchev–Trinajstić information content (AvgIpc) is 2.18. The highest BCUT2D eigenvalue weighted by atomic mass is 17.5. The van der Waals surface area contributed by atoms with Crippen molar-refractivity contribution in [3.63, 3.8) is 0 Å². The van der Waals surface area contributed by atoms with Gasteiger partial charge in [0.05, 0.1) is 5.56 Å². The van der Waals surface area contributed by atoms with Crippen molar-refractivity contribution in [2.24, 2.45) is 0 Å². The zero-order valence-electron chi connectivity index (χ0n) is 6.98. The highest BCUT2D eigenvalue weighted by molar-refractivity contribution is 5.89. The molecule has 0 unspecified atom stereocenters. The molecule has 0 bridgehead atoms. The normalized spacial score (nSPS) is 9.38. The Balaban J connectivity index is 2.74. The summed E-state index contributed by atoms with van der Waals surface area (Å²) < 4.78 is 0. The highest BCUT2D eigenvalue weighted by Gasteiger charge is 2.06. The monoisotopic (exact) mass is 183 g/mol. The highest BCUT2D eigenvalue weighted by Crippen LogP contribution is 2.09. The Hall–Kier alpha value is -1.59. The lowest BCUT2D eigenvalue weighted by molar-refractivity contribution is -0.455. The van der Waals surface area contributed by atoms with Gasteiger partial charge in [0.15, 0.2) is 0 Å². The van der Waals surface area contributed by atoms with E-state index < -0.39 is 5.97 Å². The standard InChI is InChI=1S/C8H9NO4/c1-9-7-4-2-6(3-5-7)8(10)12-13-11/h2-5,9,11H,1H3. The molecular formula is C8H9NO4. The zero-order chi connectivity index (χ0) is 9.68. The summed E-state index contributed by atoms with van der Waals surface area (Å²) in [5.41, 5.74) is 1.18. The molecule has 1 rings (SSSR count). The van der Waals surface area contributed by atoms with Gasteiger partial charge in [-0.15, -0.1) is 0 Å². The topological polar surface area (TPSA) is 67.8 Å². The molecule has 0 aliphatic rings. The Kier molecular flexibility index (Phi) is 3.24. The summed E-state index contributed by atoms with van der Waals surface area (Å²) in [7, 11) is 1.77. The van der Waals surface area contributed by atoms with E-state index in [-0.39, 0.29) is 0 Å². The summed E-state index contributed by atoms with van der Waals surface area (Å²) in [4.78, 5) is 14.8. The fourth-order valence-corrected chi connectivity index (χ4v) is 0.855. The molecule has 0 fully saturated rings. The molecule has 0 saturated carbocycles. The van der Waals surface area contributed by atoms with Crippen LogP contribution in [0.2, 0.25) is 0 Å². The number of carbonyl (C=O) groups excluding carboxylic acids is 1. The maximum absolute atomic E-state index is 10.9. The van der Waals surface area contributed by atoms with E-state index in [4.69, 9.17) is 5.26 Å². The average molecular weight is 183 g/mol. The largest absolute Gasteiger partial charge is 0.388 e. The predicted octanol–water partition coefficient (Wildman–Crippen LogP) is 1.29. The third-order valence-electron chi connectivity index (χ3n) is 1.52. The van der Waals surface area contributed by atoms with E-state index in [1.54, 1.807) is 31.3 Å². The van der Waals surface area contributed by atoms with Crippen molar-refractivity contribution < 1.29 is 20.0 Å². The minimum absolute atomic E-state index is 0.299. The van der Waals surface area contributed by atoms with Crippen molar-refractivity contribution in [1.82, 2.24) is 0 Å². The molecule has 0 heterocycles. The first-order valence-corrected chi connectivity index (χ1v) is 3.58. The Morgan fingerprint density at radius 1 is 1.38 bits per heavy atom. The van der Waals surface area contributed by atoms with Crippen LogP contribution in [0.25, 0.3) is 0 Å². The molecule has 70 valence electrons. The van der Waals surface area contributed by atoms with Gasteiger partial charge in [-0.05, 0) is 29.3 Å². The second-order valence-electron chi connectivity index (χ2n) is 2.27. The van der Waals surface area contributed by atoms with Crippen LogP contribution in [0.15, 0.2) is 24.3 Å². The van der Waals surface area contributed by atoms with Crippen molar-refractivity contribution in [3.05, 3.63) is 29.8 Å². The van der Waals surface area contributed by atoms with Gasteiger partial charge in [-0.1, -0.05) is 0 Å². The molecular weight excluding hydrogens is 174 g/mol. The van der Waals surface area contributed by atoms with Crippen molar-refractivity contribution in [3.8, 4) is 0 Å². The third-order valence-corrected chi connectivity index (χ3v) is 1.52. The summed E-state index contributed by atoms with van der Waals surface area (Å²) in [6, 6.07) is 6.50. The minimum atomic E-state index is -0.745. The fourth-order valence-electron chi connectivity index (χ4n) is 0.855. The third kappa shape index (κ3) is 2.43. The van der Waals surface area contributed by atoms with E-state index in [2.05, 4.69) is 15.2 Å². The Morgan fingerprint density at radius 2 is 2.00 bits per heavy atom. The van der Waals surface area contributed by atoms with E-state index in [1.165, 1.54) is 0 Å². The second-order valence-corrected chi connectivity index (χ2v) is 2.27. The van der Waals surface area contributed by atoms with Gasteiger partial charge in [0.25, 0.3) is 0 Å². The first-order chi connectivity index (χ1) is 6.27. The number of hydrogen-bond donors (Lipinski definition) is 2. The van der Waals surface area contributed by atoms with Gasteiger partial charge >= 0.3 is 5.97 Å². The molecule has 0 atom stereocenters. The summed E-state index contributed by atoms with van der Waals surface area (Å²) in [5, 5.41) is 14.0. The molecule has 0 aliphatic carbocycles. The number of rotatable bonds is 3. The van der Waals surface area contributed by atoms with Crippen LogP contribution in [0.5, 0.6) is 0 Å². The van der Waals surface area contributed by atoms with Crippen LogP contribution in [0.1, 0.15) is 10.4 Å². The minimum Gasteiger partial charge on any atom is -0.388 e. The van der Waals surface area contributed by atoms with E-state index in [0.717, 1.165) is 5.69 Å². The lowest BCUT2D eigenvalue weighted by Crippen LogP contribution is -2.04. The van der Waals surface area contributed by atoms with E-state index in [9.17, 15) is 4.79 Å². The molecule has 13 heavy (non-hydrogen) atoms. The first kappa shape index (κ1) is 9.50. The maximum Gasteiger partial charge on any atom is 0.376 e. The fraction of sp³-hybridized carbons (Fsp3) is 0.125. The Labute approximate surface area is 74.8 Å². The number of anilines is 1. The van der Waals surface area contributed by atoms with Gasteiger partial charge in [-0.25, -0.2) is 10.1 Å². The van der Waals surface area contributed by atoms with Gasteiger partial charge in [0, 0.05) is 12.7 Å². The molecule has 2 N–H and O–H groups in total. The maximum atomic E-state index is 10.9. The van der Waals surface area contributed by atoms with Crippen molar-refractivity contribution in [2.45, 2.75) is 0 Å². The number of hydrogen-bond acceptors (Lipinski definition) is 5. The number of carbonyl (C=O) groups is 1. The summed E-state index contributed by atoms with van der Waals surface area (Å²) in [6.45, 7) is 0. The predicted molar refractivity (Wildman–Crippen MR) is 45.1 cm³/mol. The summed E-state index contributed by atoms with van der Waals surface area (Å²) in [6.07, 6.45) is 0. The van der Waals surface area contributed by atoms with Crippen molar-refractivity contribution >= 4 is 11.7 Å². The van der Waals surface area contributed by atoms with Crippen molar-refractivity contribution in [1.29, 1.82) is 0 Å². The molecule has 0 amide bonds. The van der Waals surface area contributed by atoms with Crippen LogP contribution >= 0.6 is 0 Å². The van der Waals surface area contributed by atoms with Gasteiger partial charge < -0.3 is 5.32 Å². The van der Waals surface area contributed by atoms with Crippen LogP contribution in [-0.4, -0.2) is 18.3 Å². The van der Waals surface area contributed by atoms with Crippen molar-refractivity contribution in [2.75, 3.05) is 12.4 Å². The first-order valence-electron chi connectivity index (χ1n) is 3.58. The summed E-state index contributed by atoms with van der Waals surface area (Å²) >= 11 is 0. The lowest BCUT2D eigenvalue weighted by atomic mass is 10.2. The molecule has 1 aromatic rings. The van der Waals surface area contributed by atoms with Gasteiger partial charge in [0.2, 0.25) is 0 Å². The molecule has 0 radical (unpaired) electrons. The molecule has 0 aromatic heterocycles. The number of benzene rings is 1. The zero-order valence-corrected chi connectivity index (χ0v) is 6.98. The van der Waals surface area contributed by atoms with Gasteiger partial charge in [-0.3, -0.25) is 4.89 Å². The summed E-state index contributed by atoms with van der Waals surface area (Å²) in [5.74, 6) is -0.745. The lowest BCUT2D eigenvalue weighted by Gasteiger charge is -2.00.